The number of aryl methyl sites for hydroxylation is 1. The number of thiazole rings is 1. The molecular formula is C24H18N2S. The van der Waals surface area contributed by atoms with E-state index in [1.54, 1.807) is 11.3 Å². The number of aromatic nitrogens is 2. The smallest absolute Gasteiger partial charge is 0.195 e. The van der Waals surface area contributed by atoms with Crippen LogP contribution in [0, 0.1) is 6.92 Å². The van der Waals surface area contributed by atoms with Crippen molar-refractivity contribution in [3.63, 3.8) is 0 Å². The van der Waals surface area contributed by atoms with Crippen LogP contribution < -0.4 is 0 Å². The second-order valence-electron chi connectivity index (χ2n) is 6.65. The molecule has 0 amide bonds. The van der Waals surface area contributed by atoms with E-state index in [2.05, 4.69) is 95.6 Å². The van der Waals surface area contributed by atoms with Gasteiger partial charge in [-0.3, -0.25) is 4.40 Å². The summed E-state index contributed by atoms with van der Waals surface area (Å²) in [6.45, 7) is 2.12. The molecule has 27 heavy (non-hydrogen) atoms. The number of fused-ring (bicyclic) bond motifs is 1. The summed E-state index contributed by atoms with van der Waals surface area (Å²) in [6.07, 6.45) is 0. The third-order valence-corrected chi connectivity index (χ3v) is 5.63. The van der Waals surface area contributed by atoms with Crippen molar-refractivity contribution < 1.29 is 0 Å². The van der Waals surface area contributed by atoms with Crippen LogP contribution in [0.25, 0.3) is 38.7 Å². The standard InChI is InChI=1S/C24H18N2S/c1-17-12-14-18(15-13-17)21-16-27-24-25-22(19-8-4-2-5-9-19)23(26(21)24)20-10-6-3-7-11-20/h2-16H,1H3. The Morgan fingerprint density at radius 3 is 2.00 bits per heavy atom. The zero-order chi connectivity index (χ0) is 18.2. The van der Waals surface area contributed by atoms with Gasteiger partial charge in [0.15, 0.2) is 4.96 Å². The minimum Gasteiger partial charge on any atom is -0.282 e. The molecule has 2 nitrogen and oxygen atoms in total. The Labute approximate surface area is 162 Å². The maximum Gasteiger partial charge on any atom is 0.195 e. The van der Waals surface area contributed by atoms with E-state index in [9.17, 15) is 0 Å². The third kappa shape index (κ3) is 2.77. The molecule has 0 aliphatic rings. The van der Waals surface area contributed by atoms with Crippen molar-refractivity contribution in [3.8, 4) is 33.8 Å². The van der Waals surface area contributed by atoms with Crippen LogP contribution in [0.1, 0.15) is 5.56 Å². The highest BCUT2D eigenvalue weighted by molar-refractivity contribution is 7.15. The van der Waals surface area contributed by atoms with Crippen LogP contribution in [-0.4, -0.2) is 9.38 Å². The minimum absolute atomic E-state index is 1.02. The van der Waals surface area contributed by atoms with E-state index in [1.807, 2.05) is 6.07 Å². The fraction of sp³-hybridized carbons (Fsp3) is 0.0417. The van der Waals surface area contributed by atoms with Gasteiger partial charge in [0.2, 0.25) is 0 Å². The van der Waals surface area contributed by atoms with Gasteiger partial charge in [-0.15, -0.1) is 11.3 Å². The molecule has 0 saturated carbocycles. The fourth-order valence-corrected chi connectivity index (χ4v) is 4.34. The largest absolute Gasteiger partial charge is 0.282 e. The van der Waals surface area contributed by atoms with Gasteiger partial charge in [-0.25, -0.2) is 4.98 Å². The molecule has 5 aromatic rings. The molecule has 0 aliphatic heterocycles. The van der Waals surface area contributed by atoms with Gasteiger partial charge in [0.25, 0.3) is 0 Å². The lowest BCUT2D eigenvalue weighted by atomic mass is 10.0. The number of benzene rings is 3. The van der Waals surface area contributed by atoms with E-state index >= 15 is 0 Å². The van der Waals surface area contributed by atoms with Crippen molar-refractivity contribution in [1.29, 1.82) is 0 Å². The second kappa shape index (κ2) is 6.53. The maximum atomic E-state index is 5.00. The second-order valence-corrected chi connectivity index (χ2v) is 7.48. The Morgan fingerprint density at radius 1 is 0.704 bits per heavy atom. The molecule has 5 rings (SSSR count). The molecule has 0 spiro atoms. The average molecular weight is 366 g/mol. The SMILES string of the molecule is Cc1ccc(-c2csc3nc(-c4ccccc4)c(-c4ccccc4)n23)cc1. The van der Waals surface area contributed by atoms with Crippen molar-refractivity contribution in [3.05, 3.63) is 95.9 Å². The molecule has 0 unspecified atom stereocenters. The van der Waals surface area contributed by atoms with E-state index < -0.39 is 0 Å². The first-order valence-electron chi connectivity index (χ1n) is 8.99. The number of hydrogen-bond acceptors (Lipinski definition) is 2. The van der Waals surface area contributed by atoms with Gasteiger partial charge in [-0.2, -0.15) is 0 Å². The molecule has 3 heteroatoms. The minimum atomic E-state index is 1.02. The Kier molecular flexibility index (Phi) is 3.88. The number of imidazole rings is 1. The van der Waals surface area contributed by atoms with Crippen molar-refractivity contribution in [2.24, 2.45) is 0 Å². The topological polar surface area (TPSA) is 17.3 Å². The molecule has 3 aromatic carbocycles. The lowest BCUT2D eigenvalue weighted by molar-refractivity contribution is 1.24. The number of rotatable bonds is 3. The first-order valence-corrected chi connectivity index (χ1v) is 9.87. The zero-order valence-corrected chi connectivity index (χ0v) is 15.8. The monoisotopic (exact) mass is 366 g/mol. The Hall–Kier alpha value is -3.17. The van der Waals surface area contributed by atoms with E-state index in [1.165, 1.54) is 22.4 Å². The summed E-state index contributed by atoms with van der Waals surface area (Å²) in [4.78, 5) is 6.02. The quantitative estimate of drug-likeness (QED) is 0.347. The van der Waals surface area contributed by atoms with Crippen LogP contribution in [0.15, 0.2) is 90.3 Å². The number of nitrogens with zero attached hydrogens (tertiary/aromatic N) is 2. The third-order valence-electron chi connectivity index (χ3n) is 4.81. The van der Waals surface area contributed by atoms with Crippen molar-refractivity contribution in [1.82, 2.24) is 9.38 Å². The van der Waals surface area contributed by atoms with Crippen LogP contribution in [0.2, 0.25) is 0 Å². The highest BCUT2D eigenvalue weighted by atomic mass is 32.1. The molecule has 2 heterocycles. The first kappa shape index (κ1) is 16.0. The summed E-state index contributed by atoms with van der Waals surface area (Å²) in [7, 11) is 0. The van der Waals surface area contributed by atoms with Crippen LogP contribution in [0.4, 0.5) is 0 Å². The van der Waals surface area contributed by atoms with Crippen molar-refractivity contribution in [2.45, 2.75) is 6.92 Å². The van der Waals surface area contributed by atoms with Gasteiger partial charge in [0.05, 0.1) is 17.1 Å². The molecule has 0 fully saturated rings. The predicted molar refractivity (Wildman–Crippen MR) is 114 cm³/mol. The van der Waals surface area contributed by atoms with Gasteiger partial charge in [-0.1, -0.05) is 90.5 Å². The molecule has 0 N–H and O–H groups in total. The molecule has 0 saturated heterocycles. The molecule has 0 atom stereocenters. The summed E-state index contributed by atoms with van der Waals surface area (Å²) in [6, 6.07) is 29.7. The van der Waals surface area contributed by atoms with Gasteiger partial charge < -0.3 is 0 Å². The molecule has 2 aromatic heterocycles. The predicted octanol–water partition coefficient (Wildman–Crippen LogP) is 6.71. The highest BCUT2D eigenvalue weighted by Crippen LogP contribution is 2.38. The lowest BCUT2D eigenvalue weighted by Gasteiger charge is -2.08. The normalized spacial score (nSPS) is 11.1. The van der Waals surface area contributed by atoms with Crippen LogP contribution in [-0.2, 0) is 0 Å². The fourth-order valence-electron chi connectivity index (χ4n) is 3.44. The summed E-state index contributed by atoms with van der Waals surface area (Å²) >= 11 is 1.69. The summed E-state index contributed by atoms with van der Waals surface area (Å²) in [5.74, 6) is 0. The van der Waals surface area contributed by atoms with Crippen molar-refractivity contribution >= 4 is 16.3 Å². The molecular weight excluding hydrogens is 348 g/mol. The average Bonchev–Trinajstić information content (AvgIpc) is 3.29. The Bertz CT molecular complexity index is 1200. The van der Waals surface area contributed by atoms with Crippen LogP contribution >= 0.6 is 11.3 Å². The van der Waals surface area contributed by atoms with Gasteiger partial charge in [0, 0.05) is 16.5 Å². The molecule has 0 radical (unpaired) electrons. The van der Waals surface area contributed by atoms with Gasteiger partial charge >= 0.3 is 0 Å². The van der Waals surface area contributed by atoms with E-state index in [0.29, 0.717) is 0 Å². The van der Waals surface area contributed by atoms with Gasteiger partial charge in [0.1, 0.15) is 0 Å². The summed E-state index contributed by atoms with van der Waals surface area (Å²) in [5, 5.41) is 2.20. The summed E-state index contributed by atoms with van der Waals surface area (Å²) < 4.78 is 2.30. The first-order chi connectivity index (χ1) is 13.3. The zero-order valence-electron chi connectivity index (χ0n) is 15.0. The number of hydrogen-bond donors (Lipinski definition) is 0. The van der Waals surface area contributed by atoms with Crippen molar-refractivity contribution in [2.75, 3.05) is 0 Å². The summed E-state index contributed by atoms with van der Waals surface area (Å²) in [5.41, 5.74) is 8.15. The molecule has 0 bridgehead atoms. The molecule has 0 aliphatic carbocycles. The van der Waals surface area contributed by atoms with E-state index in [4.69, 9.17) is 4.98 Å². The maximum absolute atomic E-state index is 5.00. The van der Waals surface area contributed by atoms with E-state index in [-0.39, 0.29) is 0 Å². The Balaban J connectivity index is 1.83. The molecule has 130 valence electrons. The lowest BCUT2D eigenvalue weighted by Crippen LogP contribution is -1.91. The van der Waals surface area contributed by atoms with Crippen LogP contribution in [0.3, 0.4) is 0 Å². The van der Waals surface area contributed by atoms with E-state index in [0.717, 1.165) is 21.9 Å². The van der Waals surface area contributed by atoms with Gasteiger partial charge in [-0.05, 0) is 12.5 Å². The van der Waals surface area contributed by atoms with Crippen LogP contribution in [0.5, 0.6) is 0 Å². The highest BCUT2D eigenvalue weighted by Gasteiger charge is 2.20. The Morgan fingerprint density at radius 2 is 1.33 bits per heavy atom.